The molecular formula is C18H29N5OS. The highest BCUT2D eigenvalue weighted by Crippen LogP contribution is 2.39. The number of nitrogens with one attached hydrogen (secondary N) is 1. The molecule has 1 aliphatic carbocycles. The first-order chi connectivity index (χ1) is 12.2. The molecule has 2 aliphatic rings. The van der Waals surface area contributed by atoms with Crippen molar-refractivity contribution in [2.45, 2.75) is 45.7 Å². The topological polar surface area (TPSA) is 63.1 Å². The van der Waals surface area contributed by atoms with Gasteiger partial charge >= 0.3 is 0 Å². The second-order valence-electron chi connectivity index (χ2n) is 6.55. The quantitative estimate of drug-likeness (QED) is 0.908. The van der Waals surface area contributed by atoms with Crippen molar-refractivity contribution in [2.24, 2.45) is 0 Å². The van der Waals surface area contributed by atoms with Gasteiger partial charge in [-0.15, -0.1) is 0 Å². The zero-order chi connectivity index (χ0) is 18.0. The molecule has 6 nitrogen and oxygen atoms in total. The number of anilines is 1. The van der Waals surface area contributed by atoms with E-state index in [0.717, 1.165) is 54.3 Å². The summed E-state index contributed by atoms with van der Waals surface area (Å²) in [5.74, 6) is 2.58. The van der Waals surface area contributed by atoms with Gasteiger partial charge in [0.05, 0.1) is 5.39 Å². The van der Waals surface area contributed by atoms with Gasteiger partial charge in [0.2, 0.25) is 0 Å². The highest BCUT2D eigenvalue weighted by atomic mass is 32.2. The van der Waals surface area contributed by atoms with E-state index >= 15 is 0 Å². The molecule has 0 radical (unpaired) electrons. The van der Waals surface area contributed by atoms with Crippen LogP contribution in [0.25, 0.3) is 11.0 Å². The summed E-state index contributed by atoms with van der Waals surface area (Å²) < 4.78 is 13.8. The van der Waals surface area contributed by atoms with Crippen molar-refractivity contribution in [1.82, 2.24) is 19.4 Å². The third-order valence-electron chi connectivity index (χ3n) is 5.25. The first-order valence-corrected chi connectivity index (χ1v) is 10.7. The summed E-state index contributed by atoms with van der Waals surface area (Å²) in [7, 11) is 1.31. The molecule has 0 bridgehead atoms. The van der Waals surface area contributed by atoms with E-state index in [-0.39, 0.29) is 0 Å². The fourth-order valence-corrected chi connectivity index (χ4v) is 4.92. The molecule has 1 N–H and O–H groups in total. The van der Waals surface area contributed by atoms with E-state index in [9.17, 15) is 4.21 Å². The van der Waals surface area contributed by atoms with E-state index < -0.39 is 10.8 Å². The number of aromatic nitrogens is 3. The Labute approximate surface area is 152 Å². The number of fused-ring (bicyclic) bond motifs is 1. The lowest BCUT2D eigenvalue weighted by molar-refractivity contribution is 0.0930. The predicted octanol–water partition coefficient (Wildman–Crippen LogP) is 2.58. The third kappa shape index (κ3) is 3.44. The van der Waals surface area contributed by atoms with Crippen molar-refractivity contribution in [3.05, 3.63) is 18.1 Å². The van der Waals surface area contributed by atoms with Gasteiger partial charge in [0.1, 0.15) is 17.8 Å². The van der Waals surface area contributed by atoms with Crippen molar-refractivity contribution in [1.29, 1.82) is 0 Å². The van der Waals surface area contributed by atoms with E-state index in [0.29, 0.717) is 12.1 Å². The van der Waals surface area contributed by atoms with Gasteiger partial charge in [-0.3, -0.25) is 9.11 Å². The molecule has 2 fully saturated rings. The molecule has 0 aromatic carbocycles. The first-order valence-electron chi connectivity index (χ1n) is 9.26. The lowest BCUT2D eigenvalue weighted by Gasteiger charge is -2.44. The Morgan fingerprint density at radius 3 is 2.48 bits per heavy atom. The van der Waals surface area contributed by atoms with Crippen LogP contribution in [0.1, 0.15) is 38.3 Å². The van der Waals surface area contributed by atoms with Gasteiger partial charge in [0.15, 0.2) is 0 Å². The maximum atomic E-state index is 11.5. The number of aryl methyl sites for hydroxylation is 1. The standard InChI is InChI=1S/C16H23N5OS.C2H6/c1-11-9-21(16-14(11)15(17-2)18-10-19-16)13-7-12(8-13)20-3-5-23(22)6-4-20;1-2/h9-10,12-13H,3-8H2,1-2H3,(H,17,18,19);1-2H3. The molecule has 0 unspecified atom stereocenters. The summed E-state index contributed by atoms with van der Waals surface area (Å²) in [4.78, 5) is 11.4. The van der Waals surface area contributed by atoms with Gasteiger partial charge in [-0.25, -0.2) is 9.97 Å². The highest BCUT2D eigenvalue weighted by Gasteiger charge is 2.36. The molecule has 2 aromatic heterocycles. The smallest absolute Gasteiger partial charge is 0.145 e. The largest absolute Gasteiger partial charge is 0.372 e. The zero-order valence-corrected chi connectivity index (χ0v) is 16.5. The van der Waals surface area contributed by atoms with Crippen LogP contribution in [0.3, 0.4) is 0 Å². The lowest BCUT2D eigenvalue weighted by Crippen LogP contribution is -2.50. The Bertz CT molecular complexity index is 743. The molecule has 3 heterocycles. The van der Waals surface area contributed by atoms with E-state index in [1.165, 1.54) is 5.56 Å². The Balaban J connectivity index is 0.000000880. The number of hydrogen-bond donors (Lipinski definition) is 1. The molecule has 0 amide bonds. The van der Waals surface area contributed by atoms with Gasteiger partial charge in [-0.05, 0) is 25.3 Å². The van der Waals surface area contributed by atoms with Gasteiger partial charge in [0.25, 0.3) is 0 Å². The molecule has 138 valence electrons. The van der Waals surface area contributed by atoms with Crippen LogP contribution in [0.5, 0.6) is 0 Å². The van der Waals surface area contributed by atoms with Crippen molar-refractivity contribution in [2.75, 3.05) is 37.0 Å². The van der Waals surface area contributed by atoms with Gasteiger partial charge in [-0.1, -0.05) is 13.8 Å². The summed E-state index contributed by atoms with van der Waals surface area (Å²) in [6.07, 6.45) is 6.18. The summed E-state index contributed by atoms with van der Waals surface area (Å²) in [5.41, 5.74) is 2.26. The third-order valence-corrected chi connectivity index (χ3v) is 6.52. The molecule has 1 saturated heterocycles. The summed E-state index contributed by atoms with van der Waals surface area (Å²) in [5, 5.41) is 4.29. The number of hydrogen-bond acceptors (Lipinski definition) is 5. The SMILES string of the molecule is CC.CNc1ncnc2c1c(C)cn2C1CC(N2CCS(=O)CC2)C1. The normalized spacial score (nSPS) is 24.5. The minimum Gasteiger partial charge on any atom is -0.372 e. The second kappa shape index (κ2) is 7.83. The van der Waals surface area contributed by atoms with Crippen molar-refractivity contribution < 1.29 is 4.21 Å². The van der Waals surface area contributed by atoms with Crippen LogP contribution in [0.4, 0.5) is 5.82 Å². The molecule has 2 aromatic rings. The fraction of sp³-hybridized carbons (Fsp3) is 0.667. The highest BCUT2D eigenvalue weighted by molar-refractivity contribution is 7.85. The molecule has 0 atom stereocenters. The average Bonchev–Trinajstić information content (AvgIpc) is 2.94. The van der Waals surface area contributed by atoms with Crippen LogP contribution in [0.2, 0.25) is 0 Å². The van der Waals surface area contributed by atoms with Crippen molar-refractivity contribution in [3.8, 4) is 0 Å². The number of nitrogens with zero attached hydrogens (tertiary/aromatic N) is 4. The number of rotatable bonds is 3. The van der Waals surface area contributed by atoms with E-state index in [2.05, 4.69) is 37.9 Å². The van der Waals surface area contributed by atoms with E-state index in [4.69, 9.17) is 0 Å². The van der Waals surface area contributed by atoms with Crippen LogP contribution in [0.15, 0.2) is 12.5 Å². The average molecular weight is 364 g/mol. The zero-order valence-electron chi connectivity index (χ0n) is 15.7. The monoisotopic (exact) mass is 363 g/mol. The summed E-state index contributed by atoms with van der Waals surface area (Å²) >= 11 is 0. The summed E-state index contributed by atoms with van der Waals surface area (Å²) in [6.45, 7) is 8.10. The van der Waals surface area contributed by atoms with Crippen molar-refractivity contribution >= 4 is 27.7 Å². The fourth-order valence-electron chi connectivity index (χ4n) is 3.84. The van der Waals surface area contributed by atoms with E-state index in [1.54, 1.807) is 6.33 Å². The molecule has 1 aliphatic heterocycles. The predicted molar refractivity (Wildman–Crippen MR) is 105 cm³/mol. The van der Waals surface area contributed by atoms with Gasteiger partial charge in [-0.2, -0.15) is 0 Å². The minimum atomic E-state index is -0.590. The van der Waals surface area contributed by atoms with Gasteiger partial charge in [0, 0.05) is 60.7 Å². The Hall–Kier alpha value is -1.47. The van der Waals surface area contributed by atoms with Crippen LogP contribution in [-0.4, -0.2) is 61.3 Å². The molecular weight excluding hydrogens is 334 g/mol. The summed E-state index contributed by atoms with van der Waals surface area (Å²) in [6, 6.07) is 1.16. The van der Waals surface area contributed by atoms with Crippen LogP contribution < -0.4 is 5.32 Å². The Morgan fingerprint density at radius 1 is 1.16 bits per heavy atom. The molecule has 1 saturated carbocycles. The van der Waals surface area contributed by atoms with E-state index in [1.807, 2.05) is 20.9 Å². The maximum absolute atomic E-state index is 11.5. The molecule has 0 spiro atoms. The molecule has 25 heavy (non-hydrogen) atoms. The second-order valence-corrected chi connectivity index (χ2v) is 8.25. The lowest BCUT2D eigenvalue weighted by atomic mass is 9.85. The minimum absolute atomic E-state index is 0.517. The Kier molecular flexibility index (Phi) is 5.74. The first kappa shape index (κ1) is 18.3. The van der Waals surface area contributed by atoms with Gasteiger partial charge < -0.3 is 9.88 Å². The van der Waals surface area contributed by atoms with Crippen LogP contribution in [0, 0.1) is 6.92 Å². The molecule has 4 rings (SSSR count). The molecule has 7 heteroatoms. The maximum Gasteiger partial charge on any atom is 0.145 e. The van der Waals surface area contributed by atoms with Crippen molar-refractivity contribution in [3.63, 3.8) is 0 Å². The van der Waals surface area contributed by atoms with Crippen LogP contribution in [-0.2, 0) is 10.8 Å². The Morgan fingerprint density at radius 2 is 1.84 bits per heavy atom. The van der Waals surface area contributed by atoms with Crippen LogP contribution >= 0.6 is 0 Å².